The van der Waals surface area contributed by atoms with Gasteiger partial charge in [0.25, 0.3) is 0 Å². The normalized spacial score (nSPS) is 12.4. The molecule has 0 aliphatic carbocycles. The second-order valence-electron chi connectivity index (χ2n) is 7.50. The van der Waals surface area contributed by atoms with Crippen molar-refractivity contribution in [2.75, 3.05) is 13.2 Å². The molecule has 0 aliphatic rings. The molecule has 1 atom stereocenters. The number of nitrogens with one attached hydrogen (secondary N) is 1. The molecule has 0 bridgehead atoms. The van der Waals surface area contributed by atoms with Crippen molar-refractivity contribution >= 4 is 5.91 Å². The predicted octanol–water partition coefficient (Wildman–Crippen LogP) is 2.40. The van der Waals surface area contributed by atoms with Gasteiger partial charge in [-0.15, -0.1) is 5.10 Å². The fourth-order valence-electron chi connectivity index (χ4n) is 2.54. The lowest BCUT2D eigenvalue weighted by molar-refractivity contribution is -0.124. The molecule has 2 aromatic rings. The first-order valence-electron chi connectivity index (χ1n) is 8.89. The lowest BCUT2D eigenvalue weighted by atomic mass is 9.92. The van der Waals surface area contributed by atoms with Crippen LogP contribution in [0.1, 0.15) is 44.6 Å². The molecular weight excluding hydrogens is 344 g/mol. The first-order valence-corrected chi connectivity index (χ1v) is 8.89. The van der Waals surface area contributed by atoms with Gasteiger partial charge in [-0.2, -0.15) is 0 Å². The summed E-state index contributed by atoms with van der Waals surface area (Å²) >= 11 is 0. The van der Waals surface area contributed by atoms with Gasteiger partial charge in [0.1, 0.15) is 12.6 Å². The monoisotopic (exact) mass is 370 g/mol. The Hall–Kier alpha value is -2.79. The Morgan fingerprint density at radius 3 is 2.74 bits per heavy atom. The van der Waals surface area contributed by atoms with Crippen LogP contribution < -0.4 is 5.32 Å². The van der Waals surface area contributed by atoms with E-state index in [-0.39, 0.29) is 24.5 Å². The van der Waals surface area contributed by atoms with Crippen molar-refractivity contribution in [1.82, 2.24) is 25.5 Å². The Bertz CT molecular complexity index is 760. The number of aromatic nitrogens is 4. The van der Waals surface area contributed by atoms with E-state index in [4.69, 9.17) is 11.3 Å². The number of tetrazole rings is 1. The number of carbonyl (C=O) groups is 1. The number of carbonyl (C=O) groups excluding carboxylic acids is 1. The molecule has 0 aliphatic heterocycles. The quantitative estimate of drug-likeness (QED) is 0.685. The van der Waals surface area contributed by atoms with Gasteiger partial charge >= 0.3 is 0 Å². The molecule has 0 saturated carbocycles. The maximum absolute atomic E-state index is 12.4. The van der Waals surface area contributed by atoms with Gasteiger partial charge < -0.3 is 14.9 Å². The summed E-state index contributed by atoms with van der Waals surface area (Å²) in [5.41, 5.74) is 0.917. The van der Waals surface area contributed by atoms with Crippen molar-refractivity contribution in [2.45, 2.75) is 46.4 Å². The topological polar surface area (TPSA) is 86.3 Å². The highest BCUT2D eigenvalue weighted by Crippen LogP contribution is 2.19. The Morgan fingerprint density at radius 1 is 1.33 bits per heavy atom. The highest BCUT2D eigenvalue weighted by atomic mass is 16.5. The minimum Gasteiger partial charge on any atom is -0.374 e. The van der Waals surface area contributed by atoms with Gasteiger partial charge in [0.2, 0.25) is 12.5 Å². The van der Waals surface area contributed by atoms with Crippen molar-refractivity contribution < 1.29 is 9.53 Å². The minimum absolute atomic E-state index is 0.0875. The maximum atomic E-state index is 12.4. The molecule has 1 unspecified atom stereocenters. The van der Waals surface area contributed by atoms with E-state index >= 15 is 0 Å². The van der Waals surface area contributed by atoms with Gasteiger partial charge in [-0.25, -0.2) is 11.3 Å². The van der Waals surface area contributed by atoms with E-state index in [2.05, 4.69) is 25.7 Å². The van der Waals surface area contributed by atoms with E-state index in [0.717, 1.165) is 5.56 Å². The molecule has 0 spiro atoms. The summed E-state index contributed by atoms with van der Waals surface area (Å²) in [6.07, 6.45) is 0.381. The second kappa shape index (κ2) is 9.78. The zero-order chi connectivity index (χ0) is 19.7. The summed E-state index contributed by atoms with van der Waals surface area (Å²) in [5.74, 6) is 0.407. The van der Waals surface area contributed by atoms with E-state index in [1.54, 1.807) is 4.68 Å². The molecule has 1 N–H and O–H groups in total. The number of hydrogen-bond acceptors (Lipinski definition) is 5. The van der Waals surface area contributed by atoms with Gasteiger partial charge in [0.15, 0.2) is 5.82 Å². The van der Waals surface area contributed by atoms with E-state index in [1.165, 1.54) is 0 Å². The summed E-state index contributed by atoms with van der Waals surface area (Å²) in [6.45, 7) is 14.3. The molecule has 8 heteroatoms. The summed E-state index contributed by atoms with van der Waals surface area (Å²) in [7, 11) is 0. The Kier molecular flexibility index (Phi) is 7.44. The molecule has 1 aromatic heterocycles. The average Bonchev–Trinajstić information content (AvgIpc) is 3.07. The molecule has 1 amide bonds. The SMILES string of the molecule is [C-]#[N+]CCn1nnnc1C(COCc1ccccc1)NC(=O)CC(C)(C)C. The van der Waals surface area contributed by atoms with E-state index in [9.17, 15) is 4.79 Å². The molecule has 1 aromatic carbocycles. The van der Waals surface area contributed by atoms with Gasteiger partial charge in [0.05, 0.1) is 13.2 Å². The summed E-state index contributed by atoms with van der Waals surface area (Å²) < 4.78 is 7.36. The van der Waals surface area contributed by atoms with Crippen LogP contribution in [-0.2, 0) is 22.7 Å². The van der Waals surface area contributed by atoms with Crippen LogP contribution in [0.2, 0.25) is 0 Å². The van der Waals surface area contributed by atoms with Crippen molar-refractivity contribution in [3.63, 3.8) is 0 Å². The van der Waals surface area contributed by atoms with Crippen LogP contribution in [0.5, 0.6) is 0 Å². The van der Waals surface area contributed by atoms with E-state index < -0.39 is 6.04 Å². The number of rotatable bonds is 9. The Morgan fingerprint density at radius 2 is 2.07 bits per heavy atom. The fourth-order valence-corrected chi connectivity index (χ4v) is 2.54. The van der Waals surface area contributed by atoms with E-state index in [1.807, 2.05) is 51.1 Å². The molecular formula is C19H26N6O2. The highest BCUT2D eigenvalue weighted by molar-refractivity contribution is 5.76. The highest BCUT2D eigenvalue weighted by Gasteiger charge is 2.24. The largest absolute Gasteiger partial charge is 0.374 e. The lowest BCUT2D eigenvalue weighted by Gasteiger charge is -2.22. The first-order chi connectivity index (χ1) is 12.9. The minimum atomic E-state index is -0.482. The molecule has 0 fully saturated rings. The van der Waals surface area contributed by atoms with Gasteiger partial charge in [0, 0.05) is 6.42 Å². The van der Waals surface area contributed by atoms with Crippen molar-refractivity contribution in [1.29, 1.82) is 0 Å². The summed E-state index contributed by atoms with van der Waals surface area (Å²) in [6, 6.07) is 9.33. The van der Waals surface area contributed by atoms with Crippen molar-refractivity contribution in [3.05, 3.63) is 53.1 Å². The Labute approximate surface area is 159 Å². The molecule has 0 saturated heterocycles. The number of hydrogen-bond donors (Lipinski definition) is 1. The van der Waals surface area contributed by atoms with Crippen LogP contribution in [0, 0.1) is 12.0 Å². The van der Waals surface area contributed by atoms with Crippen LogP contribution in [0.15, 0.2) is 30.3 Å². The third kappa shape index (κ3) is 7.15. The number of benzene rings is 1. The van der Waals surface area contributed by atoms with E-state index in [0.29, 0.717) is 25.4 Å². The maximum Gasteiger partial charge on any atom is 0.234 e. The predicted molar refractivity (Wildman–Crippen MR) is 100 cm³/mol. The zero-order valence-electron chi connectivity index (χ0n) is 16.1. The average molecular weight is 370 g/mol. The van der Waals surface area contributed by atoms with Gasteiger partial charge in [-0.3, -0.25) is 4.79 Å². The second-order valence-corrected chi connectivity index (χ2v) is 7.50. The summed E-state index contributed by atoms with van der Waals surface area (Å²) in [4.78, 5) is 15.8. The van der Waals surface area contributed by atoms with Crippen LogP contribution in [-0.4, -0.2) is 39.3 Å². The van der Waals surface area contributed by atoms with Crippen LogP contribution in [0.4, 0.5) is 0 Å². The lowest BCUT2D eigenvalue weighted by Crippen LogP contribution is -2.35. The Balaban J connectivity index is 2.07. The fraction of sp³-hybridized carbons (Fsp3) is 0.526. The number of nitrogens with zero attached hydrogens (tertiary/aromatic N) is 5. The molecule has 144 valence electrons. The summed E-state index contributed by atoms with van der Waals surface area (Å²) in [5, 5.41) is 14.6. The first kappa shape index (κ1) is 20.5. The molecule has 0 radical (unpaired) electrons. The third-order valence-electron chi connectivity index (χ3n) is 3.72. The number of ether oxygens (including phenoxy) is 1. The van der Waals surface area contributed by atoms with Crippen LogP contribution >= 0.6 is 0 Å². The van der Waals surface area contributed by atoms with Crippen molar-refractivity contribution in [2.24, 2.45) is 5.41 Å². The smallest absolute Gasteiger partial charge is 0.234 e. The molecule has 27 heavy (non-hydrogen) atoms. The van der Waals surface area contributed by atoms with Crippen molar-refractivity contribution in [3.8, 4) is 0 Å². The zero-order valence-corrected chi connectivity index (χ0v) is 16.1. The molecule has 1 heterocycles. The van der Waals surface area contributed by atoms with Crippen LogP contribution in [0.3, 0.4) is 0 Å². The molecule has 2 rings (SSSR count). The number of amides is 1. The van der Waals surface area contributed by atoms with Gasteiger partial charge in [-0.05, 0) is 21.4 Å². The molecule has 8 nitrogen and oxygen atoms in total. The standard InChI is InChI=1S/C19H26N6O2/c1-19(2,3)12-17(26)21-16(14-27-13-15-8-6-5-7-9-15)18-22-23-24-25(18)11-10-20-4/h5-9,16H,10-14H2,1-3H3,(H,21,26). The third-order valence-corrected chi connectivity index (χ3v) is 3.72. The van der Waals surface area contributed by atoms with Gasteiger partial charge in [-0.1, -0.05) is 51.1 Å². The van der Waals surface area contributed by atoms with Crippen LogP contribution in [0.25, 0.3) is 4.85 Å².